The van der Waals surface area contributed by atoms with E-state index in [1.165, 1.54) is 10.9 Å². The third-order valence-electron chi connectivity index (χ3n) is 3.67. The number of nitrogens with one attached hydrogen (secondary N) is 2. The number of nitrogens with two attached hydrogens (primary N) is 1. The summed E-state index contributed by atoms with van der Waals surface area (Å²) in [6, 6.07) is 0.136. The van der Waals surface area contributed by atoms with Crippen LogP contribution < -0.4 is 16.4 Å². The van der Waals surface area contributed by atoms with E-state index in [1.54, 1.807) is 13.2 Å². The average Bonchev–Trinajstić information content (AvgIpc) is 3.00. The second-order valence-corrected chi connectivity index (χ2v) is 5.21. The zero-order valence-corrected chi connectivity index (χ0v) is 12.9. The van der Waals surface area contributed by atoms with Gasteiger partial charge in [-0.2, -0.15) is 5.10 Å². The summed E-state index contributed by atoms with van der Waals surface area (Å²) in [6.45, 7) is 0.139. The normalized spacial score (nSPS) is 20.7. The number of hydrogen-bond donors (Lipinski definition) is 3. The van der Waals surface area contributed by atoms with E-state index >= 15 is 0 Å². The number of halogens is 1. The first-order valence-electron chi connectivity index (χ1n) is 6.87. The van der Waals surface area contributed by atoms with Crippen molar-refractivity contribution < 1.29 is 9.59 Å². The van der Waals surface area contributed by atoms with E-state index in [2.05, 4.69) is 15.7 Å². The molecule has 8 heteroatoms. The van der Waals surface area contributed by atoms with Gasteiger partial charge >= 0.3 is 0 Å². The number of aromatic nitrogens is 2. The van der Waals surface area contributed by atoms with Crippen LogP contribution in [-0.4, -0.2) is 34.7 Å². The molecule has 118 valence electrons. The first kappa shape index (κ1) is 17.5. The van der Waals surface area contributed by atoms with Crippen molar-refractivity contribution >= 4 is 29.9 Å². The summed E-state index contributed by atoms with van der Waals surface area (Å²) >= 11 is 0. The lowest BCUT2D eigenvalue weighted by molar-refractivity contribution is -0.121. The van der Waals surface area contributed by atoms with Crippen molar-refractivity contribution in [1.29, 1.82) is 0 Å². The molecule has 1 aliphatic carbocycles. The van der Waals surface area contributed by atoms with Crippen LogP contribution in [0.2, 0.25) is 0 Å². The average molecular weight is 316 g/mol. The molecule has 1 saturated carbocycles. The second-order valence-electron chi connectivity index (χ2n) is 5.21. The predicted molar refractivity (Wildman–Crippen MR) is 82.1 cm³/mol. The summed E-state index contributed by atoms with van der Waals surface area (Å²) in [5.41, 5.74) is 6.56. The van der Waals surface area contributed by atoms with Crippen LogP contribution in [-0.2, 0) is 16.1 Å². The van der Waals surface area contributed by atoms with E-state index in [0.717, 1.165) is 19.3 Å². The molecule has 0 saturated heterocycles. The van der Waals surface area contributed by atoms with Crippen molar-refractivity contribution in [2.45, 2.75) is 38.3 Å². The summed E-state index contributed by atoms with van der Waals surface area (Å²) in [6.07, 6.45) is 6.74. The zero-order chi connectivity index (χ0) is 14.5. The molecular weight excluding hydrogens is 294 g/mol. The van der Waals surface area contributed by atoms with Gasteiger partial charge in [-0.25, -0.2) is 0 Å². The molecule has 4 N–H and O–H groups in total. The molecule has 0 bridgehead atoms. The van der Waals surface area contributed by atoms with Gasteiger partial charge in [0.05, 0.1) is 11.9 Å². The van der Waals surface area contributed by atoms with E-state index in [1.807, 2.05) is 0 Å². The van der Waals surface area contributed by atoms with Gasteiger partial charge < -0.3 is 16.4 Å². The molecule has 21 heavy (non-hydrogen) atoms. The summed E-state index contributed by atoms with van der Waals surface area (Å²) in [7, 11) is 1.57. The molecule has 2 amide bonds. The zero-order valence-electron chi connectivity index (χ0n) is 12.0. The third kappa shape index (κ3) is 5.02. The van der Waals surface area contributed by atoms with Gasteiger partial charge in [-0.1, -0.05) is 6.42 Å². The van der Waals surface area contributed by atoms with Crippen molar-refractivity contribution in [1.82, 2.24) is 15.1 Å². The lowest BCUT2D eigenvalue weighted by Crippen LogP contribution is -2.28. The van der Waals surface area contributed by atoms with Crippen molar-refractivity contribution in [3.63, 3.8) is 0 Å². The number of carbonyl (C=O) groups is 2. The molecule has 1 fully saturated rings. The topological polar surface area (TPSA) is 102 Å². The highest BCUT2D eigenvalue weighted by Crippen LogP contribution is 2.27. The molecule has 1 heterocycles. The van der Waals surface area contributed by atoms with Gasteiger partial charge in [0, 0.05) is 25.7 Å². The maximum Gasteiger partial charge on any atom is 0.241 e. The van der Waals surface area contributed by atoms with Crippen LogP contribution >= 0.6 is 12.4 Å². The van der Waals surface area contributed by atoms with Crippen LogP contribution in [0.3, 0.4) is 0 Å². The summed E-state index contributed by atoms with van der Waals surface area (Å²) in [4.78, 5) is 23.1. The van der Waals surface area contributed by atoms with Gasteiger partial charge in [-0.3, -0.25) is 14.3 Å². The Labute approximate surface area is 130 Å². The Hall–Kier alpha value is -1.60. The van der Waals surface area contributed by atoms with E-state index in [0.29, 0.717) is 12.1 Å². The van der Waals surface area contributed by atoms with Crippen LogP contribution in [0.1, 0.15) is 25.7 Å². The molecule has 0 aliphatic heterocycles. The van der Waals surface area contributed by atoms with Crippen LogP contribution in [0.5, 0.6) is 0 Å². The Morgan fingerprint density at radius 1 is 1.43 bits per heavy atom. The number of rotatable bonds is 5. The number of amides is 2. The molecule has 0 unspecified atom stereocenters. The van der Waals surface area contributed by atoms with Crippen molar-refractivity contribution in [2.24, 2.45) is 11.7 Å². The SMILES string of the molecule is CNC(=O)Cn1cc(NC(=O)C[C@@H]2CCC[C@H]2N)cn1.Cl. The van der Waals surface area contributed by atoms with E-state index < -0.39 is 0 Å². The first-order chi connectivity index (χ1) is 9.58. The minimum atomic E-state index is -0.136. The molecule has 1 aromatic rings. The molecule has 1 aromatic heterocycles. The highest BCUT2D eigenvalue weighted by molar-refractivity contribution is 5.90. The summed E-state index contributed by atoms with van der Waals surface area (Å²) in [5, 5.41) is 9.33. The van der Waals surface area contributed by atoms with Crippen LogP contribution in [0.4, 0.5) is 5.69 Å². The van der Waals surface area contributed by atoms with E-state index in [-0.39, 0.29) is 42.7 Å². The number of likely N-dealkylation sites (N-methyl/N-ethyl adjacent to an activating group) is 1. The molecule has 2 atom stereocenters. The maximum absolute atomic E-state index is 11.9. The van der Waals surface area contributed by atoms with E-state index in [4.69, 9.17) is 5.73 Å². The fourth-order valence-corrected chi connectivity index (χ4v) is 2.51. The number of hydrogen-bond acceptors (Lipinski definition) is 4. The molecule has 1 aliphatic rings. The second kappa shape index (κ2) is 7.99. The van der Waals surface area contributed by atoms with Gasteiger partial charge in [0.15, 0.2) is 0 Å². The molecule has 0 spiro atoms. The highest BCUT2D eigenvalue weighted by Gasteiger charge is 2.26. The number of carbonyl (C=O) groups excluding carboxylic acids is 2. The fraction of sp³-hybridized carbons (Fsp3) is 0.615. The van der Waals surface area contributed by atoms with Crippen molar-refractivity contribution in [3.05, 3.63) is 12.4 Å². The lowest BCUT2D eigenvalue weighted by atomic mass is 10.00. The molecular formula is C13H22ClN5O2. The Morgan fingerprint density at radius 2 is 2.19 bits per heavy atom. The van der Waals surface area contributed by atoms with Crippen LogP contribution in [0, 0.1) is 5.92 Å². The monoisotopic (exact) mass is 315 g/mol. The summed E-state index contributed by atoms with van der Waals surface area (Å²) in [5.74, 6) is 0.0886. The Bertz CT molecular complexity index is 491. The van der Waals surface area contributed by atoms with Gasteiger partial charge in [0.1, 0.15) is 6.54 Å². The molecule has 0 radical (unpaired) electrons. The first-order valence-corrected chi connectivity index (χ1v) is 6.87. The van der Waals surface area contributed by atoms with Crippen LogP contribution in [0.25, 0.3) is 0 Å². The number of anilines is 1. The van der Waals surface area contributed by atoms with E-state index in [9.17, 15) is 9.59 Å². The smallest absolute Gasteiger partial charge is 0.241 e. The fourth-order valence-electron chi connectivity index (χ4n) is 2.51. The molecule has 7 nitrogen and oxygen atoms in total. The van der Waals surface area contributed by atoms with Crippen molar-refractivity contribution in [3.8, 4) is 0 Å². The summed E-state index contributed by atoms with van der Waals surface area (Å²) < 4.78 is 1.48. The molecule has 0 aromatic carbocycles. The van der Waals surface area contributed by atoms with Crippen molar-refractivity contribution in [2.75, 3.05) is 12.4 Å². The van der Waals surface area contributed by atoms with Gasteiger partial charge in [0.2, 0.25) is 11.8 Å². The predicted octanol–water partition coefficient (Wildman–Crippen LogP) is 0.507. The lowest BCUT2D eigenvalue weighted by Gasteiger charge is -2.14. The highest BCUT2D eigenvalue weighted by atomic mass is 35.5. The van der Waals surface area contributed by atoms with Gasteiger partial charge in [0.25, 0.3) is 0 Å². The Kier molecular flexibility index (Phi) is 6.64. The maximum atomic E-state index is 11.9. The Balaban J connectivity index is 0.00000220. The van der Waals surface area contributed by atoms with Gasteiger partial charge in [-0.05, 0) is 18.8 Å². The minimum Gasteiger partial charge on any atom is -0.358 e. The largest absolute Gasteiger partial charge is 0.358 e. The standard InChI is InChI=1S/C13H21N5O2.ClH/c1-15-13(20)8-18-7-10(6-16-18)17-12(19)5-9-3-2-4-11(9)14;/h6-7,9,11H,2-5,8,14H2,1H3,(H,15,20)(H,17,19);1H/t9-,11+;/m0./s1. The quantitative estimate of drug-likeness (QED) is 0.736. The Morgan fingerprint density at radius 3 is 2.81 bits per heavy atom. The third-order valence-corrected chi connectivity index (χ3v) is 3.67. The van der Waals surface area contributed by atoms with Crippen LogP contribution in [0.15, 0.2) is 12.4 Å². The molecule has 2 rings (SSSR count). The minimum absolute atomic E-state index is 0. The number of nitrogens with zero attached hydrogens (tertiary/aromatic N) is 2. The van der Waals surface area contributed by atoms with Gasteiger partial charge in [-0.15, -0.1) is 12.4 Å².